The summed E-state index contributed by atoms with van der Waals surface area (Å²) >= 11 is 0. The van der Waals surface area contributed by atoms with Crippen LogP contribution in [0.1, 0.15) is 34.6 Å². The molecule has 1 aliphatic rings. The van der Waals surface area contributed by atoms with Gasteiger partial charge in [-0.15, -0.1) is 0 Å². The van der Waals surface area contributed by atoms with Crippen LogP contribution < -0.4 is 16.4 Å². The number of pyridine rings is 1. The SMILES string of the molecule is C[C@H](Nc1ncnc(N)c1C#N)c1nc2c(F)cccc2cc1C(=O)N1CCNCC1. The predicted molar refractivity (Wildman–Crippen MR) is 114 cm³/mol. The zero-order valence-corrected chi connectivity index (χ0v) is 16.9. The number of carbonyl (C=O) groups excluding carboxylic acids is 1. The van der Waals surface area contributed by atoms with Crippen LogP contribution >= 0.6 is 0 Å². The molecule has 0 radical (unpaired) electrons. The van der Waals surface area contributed by atoms with Gasteiger partial charge in [0, 0.05) is 31.6 Å². The fraction of sp³-hybridized carbons (Fsp3) is 0.286. The third kappa shape index (κ3) is 3.95. The van der Waals surface area contributed by atoms with Gasteiger partial charge in [0.1, 0.15) is 40.9 Å². The standard InChI is InChI=1S/C21H21FN8O/c1-12(28-20-15(10-23)19(24)26-11-27-20)17-14(21(31)30-7-5-25-6-8-30)9-13-3-2-4-16(22)18(13)29-17/h2-4,9,11-12,25H,5-8H2,1H3,(H3,24,26,27,28)/t12-/m0/s1. The number of benzene rings is 1. The minimum absolute atomic E-state index is 0.0434. The monoisotopic (exact) mass is 420 g/mol. The van der Waals surface area contributed by atoms with E-state index < -0.39 is 11.9 Å². The highest BCUT2D eigenvalue weighted by Gasteiger charge is 2.26. The van der Waals surface area contributed by atoms with Gasteiger partial charge in [0.15, 0.2) is 0 Å². The van der Waals surface area contributed by atoms with Crippen molar-refractivity contribution in [3.8, 4) is 6.07 Å². The van der Waals surface area contributed by atoms with Gasteiger partial charge in [0.05, 0.1) is 17.3 Å². The third-order valence-electron chi connectivity index (χ3n) is 5.21. The molecule has 1 fully saturated rings. The van der Waals surface area contributed by atoms with Crippen LogP contribution in [0.4, 0.5) is 16.0 Å². The average molecular weight is 420 g/mol. The number of para-hydroxylation sites is 1. The molecule has 2 aromatic heterocycles. The third-order valence-corrected chi connectivity index (χ3v) is 5.21. The van der Waals surface area contributed by atoms with Gasteiger partial charge in [0.25, 0.3) is 5.91 Å². The lowest BCUT2D eigenvalue weighted by Crippen LogP contribution is -2.46. The maximum Gasteiger partial charge on any atom is 0.255 e. The Kier molecular flexibility index (Phi) is 5.60. The molecule has 4 N–H and O–H groups in total. The van der Waals surface area contributed by atoms with E-state index in [4.69, 9.17) is 5.73 Å². The summed E-state index contributed by atoms with van der Waals surface area (Å²) in [7, 11) is 0. The van der Waals surface area contributed by atoms with E-state index in [9.17, 15) is 14.4 Å². The van der Waals surface area contributed by atoms with E-state index in [1.54, 1.807) is 30.0 Å². The van der Waals surface area contributed by atoms with E-state index >= 15 is 0 Å². The Labute approximate surface area is 178 Å². The zero-order chi connectivity index (χ0) is 22.0. The number of nitrogens with one attached hydrogen (secondary N) is 2. The van der Waals surface area contributed by atoms with Crippen LogP contribution in [-0.4, -0.2) is 51.9 Å². The first-order valence-corrected chi connectivity index (χ1v) is 9.86. The van der Waals surface area contributed by atoms with Crippen molar-refractivity contribution in [2.75, 3.05) is 37.2 Å². The molecule has 1 amide bonds. The van der Waals surface area contributed by atoms with E-state index in [-0.39, 0.29) is 28.6 Å². The first kappa shape index (κ1) is 20.4. The molecule has 1 atom stereocenters. The normalized spacial score (nSPS) is 14.8. The van der Waals surface area contributed by atoms with Crippen LogP contribution in [0.2, 0.25) is 0 Å². The van der Waals surface area contributed by atoms with Gasteiger partial charge in [-0.05, 0) is 19.1 Å². The van der Waals surface area contributed by atoms with Crippen LogP contribution in [0.25, 0.3) is 10.9 Å². The van der Waals surface area contributed by atoms with Crippen LogP contribution in [0.15, 0.2) is 30.6 Å². The van der Waals surface area contributed by atoms with E-state index in [0.29, 0.717) is 42.8 Å². The number of piperazine rings is 1. The van der Waals surface area contributed by atoms with Crippen molar-refractivity contribution in [2.24, 2.45) is 0 Å². The molecule has 1 saturated heterocycles. The number of halogens is 1. The molecule has 1 aromatic carbocycles. The van der Waals surface area contributed by atoms with Crippen molar-refractivity contribution in [3.63, 3.8) is 0 Å². The first-order chi connectivity index (χ1) is 15.0. The van der Waals surface area contributed by atoms with Crippen LogP contribution in [0.3, 0.4) is 0 Å². The van der Waals surface area contributed by atoms with Gasteiger partial charge >= 0.3 is 0 Å². The van der Waals surface area contributed by atoms with Gasteiger partial charge in [-0.3, -0.25) is 4.79 Å². The fourth-order valence-electron chi connectivity index (χ4n) is 3.61. The molecule has 3 heterocycles. The Balaban J connectivity index is 1.79. The number of fused-ring (bicyclic) bond motifs is 1. The van der Waals surface area contributed by atoms with Gasteiger partial charge in [-0.2, -0.15) is 5.26 Å². The second-order valence-corrected chi connectivity index (χ2v) is 7.24. The summed E-state index contributed by atoms with van der Waals surface area (Å²) in [6, 6.07) is 7.72. The van der Waals surface area contributed by atoms with E-state index in [1.165, 1.54) is 12.4 Å². The molecule has 0 bridgehead atoms. The number of anilines is 2. The molecule has 3 aromatic rings. The Morgan fingerprint density at radius 3 is 2.87 bits per heavy atom. The molecule has 0 unspecified atom stereocenters. The molecule has 1 aliphatic heterocycles. The summed E-state index contributed by atoms with van der Waals surface area (Å²) in [5.74, 6) is -0.386. The number of nitrogens with two attached hydrogens (primary N) is 1. The summed E-state index contributed by atoms with van der Waals surface area (Å²) < 4.78 is 14.4. The number of aromatic nitrogens is 3. The number of hydrogen-bond donors (Lipinski definition) is 3. The lowest BCUT2D eigenvalue weighted by atomic mass is 10.0. The van der Waals surface area contributed by atoms with Gasteiger partial charge in [0.2, 0.25) is 0 Å². The smallest absolute Gasteiger partial charge is 0.255 e. The van der Waals surface area contributed by atoms with Crippen molar-refractivity contribution >= 4 is 28.4 Å². The van der Waals surface area contributed by atoms with Crippen molar-refractivity contribution < 1.29 is 9.18 Å². The Morgan fingerprint density at radius 2 is 2.13 bits per heavy atom. The number of carbonyl (C=O) groups is 1. The predicted octanol–water partition coefficient (Wildman–Crippen LogP) is 1.84. The molecular weight excluding hydrogens is 399 g/mol. The highest BCUT2D eigenvalue weighted by molar-refractivity contribution is 5.99. The Bertz CT molecular complexity index is 1190. The lowest BCUT2D eigenvalue weighted by molar-refractivity contribution is 0.0734. The number of nitrogens with zero attached hydrogens (tertiary/aromatic N) is 5. The number of amides is 1. The molecule has 0 aliphatic carbocycles. The van der Waals surface area contributed by atoms with Crippen molar-refractivity contribution in [1.29, 1.82) is 5.26 Å². The van der Waals surface area contributed by atoms with E-state index in [0.717, 1.165) is 0 Å². The van der Waals surface area contributed by atoms with Gasteiger partial charge in [-0.25, -0.2) is 19.3 Å². The highest BCUT2D eigenvalue weighted by atomic mass is 19.1. The topological polar surface area (TPSA) is 133 Å². The first-order valence-electron chi connectivity index (χ1n) is 9.86. The number of hydrogen-bond acceptors (Lipinski definition) is 8. The Hall–Kier alpha value is -3.84. The van der Waals surface area contributed by atoms with Crippen LogP contribution in [0, 0.1) is 17.1 Å². The molecule has 0 saturated carbocycles. The van der Waals surface area contributed by atoms with Gasteiger partial charge in [-0.1, -0.05) is 12.1 Å². The largest absolute Gasteiger partial charge is 0.382 e. The summed E-state index contributed by atoms with van der Waals surface area (Å²) in [5, 5.41) is 16.2. The molecular formula is C21H21FN8O. The molecule has 9 nitrogen and oxygen atoms in total. The van der Waals surface area contributed by atoms with Crippen molar-refractivity contribution in [3.05, 3.63) is 53.2 Å². The maximum absolute atomic E-state index is 14.4. The average Bonchev–Trinajstić information content (AvgIpc) is 2.79. The summed E-state index contributed by atoms with van der Waals surface area (Å²) in [6.45, 7) is 4.32. The van der Waals surface area contributed by atoms with E-state index in [1.807, 2.05) is 6.07 Å². The van der Waals surface area contributed by atoms with Crippen LogP contribution in [0.5, 0.6) is 0 Å². The maximum atomic E-state index is 14.4. The molecule has 10 heteroatoms. The second kappa shape index (κ2) is 8.49. The molecule has 4 rings (SSSR count). The number of nitriles is 1. The summed E-state index contributed by atoms with van der Waals surface area (Å²) in [5.41, 5.74) is 6.78. The van der Waals surface area contributed by atoms with Gasteiger partial charge < -0.3 is 21.3 Å². The zero-order valence-electron chi connectivity index (χ0n) is 16.9. The number of nitrogen functional groups attached to an aromatic ring is 1. The molecule has 31 heavy (non-hydrogen) atoms. The number of rotatable bonds is 4. The van der Waals surface area contributed by atoms with Crippen LogP contribution in [-0.2, 0) is 0 Å². The van der Waals surface area contributed by atoms with E-state index in [2.05, 4.69) is 25.6 Å². The second-order valence-electron chi connectivity index (χ2n) is 7.24. The minimum atomic E-state index is -0.563. The molecule has 0 spiro atoms. The Morgan fingerprint density at radius 1 is 1.35 bits per heavy atom. The fourth-order valence-corrected chi connectivity index (χ4v) is 3.61. The lowest BCUT2D eigenvalue weighted by Gasteiger charge is -2.29. The minimum Gasteiger partial charge on any atom is -0.382 e. The van der Waals surface area contributed by atoms with Crippen molar-refractivity contribution in [2.45, 2.75) is 13.0 Å². The quantitative estimate of drug-likeness (QED) is 0.582. The van der Waals surface area contributed by atoms with Crippen molar-refractivity contribution in [1.82, 2.24) is 25.2 Å². The molecule has 158 valence electrons. The highest BCUT2D eigenvalue weighted by Crippen LogP contribution is 2.28. The summed E-state index contributed by atoms with van der Waals surface area (Å²) in [6.07, 6.45) is 1.24. The summed E-state index contributed by atoms with van der Waals surface area (Å²) in [4.78, 5) is 27.5.